The molecule has 1 aromatic carbocycles. The molecule has 1 fully saturated rings. The first-order valence-electron chi connectivity index (χ1n) is 7.80. The summed E-state index contributed by atoms with van der Waals surface area (Å²) in [5, 5.41) is 8.94. The van der Waals surface area contributed by atoms with Gasteiger partial charge in [-0.15, -0.1) is 0 Å². The first kappa shape index (κ1) is 21.1. The summed E-state index contributed by atoms with van der Waals surface area (Å²) in [4.78, 5) is 38.1. The number of carbonyl (C=O) groups excluding carboxylic acids is 2. The molecular formula is C17H17IN2O6S. The molecule has 0 bridgehead atoms. The van der Waals surface area contributed by atoms with E-state index in [0.29, 0.717) is 27.2 Å². The molecule has 2 rings (SSSR count). The van der Waals surface area contributed by atoms with Gasteiger partial charge in [0.2, 0.25) is 0 Å². The molecule has 1 aliphatic rings. The summed E-state index contributed by atoms with van der Waals surface area (Å²) in [6, 6.07) is 3.25. The number of benzene rings is 1. The molecule has 1 N–H and O–H groups in total. The SMILES string of the molecule is CCOc1cc(C=C2C(=O)N(C)C(=S)N(C)C2=O)cc(I)c1OCC(=O)O. The lowest BCUT2D eigenvalue weighted by Crippen LogP contribution is -2.52. The monoisotopic (exact) mass is 504 g/mol. The van der Waals surface area contributed by atoms with Crippen molar-refractivity contribution < 1.29 is 29.0 Å². The highest BCUT2D eigenvalue weighted by molar-refractivity contribution is 14.1. The molecule has 8 nitrogen and oxygen atoms in total. The van der Waals surface area contributed by atoms with Crippen LogP contribution in [0.3, 0.4) is 0 Å². The zero-order valence-electron chi connectivity index (χ0n) is 14.8. The van der Waals surface area contributed by atoms with E-state index in [1.54, 1.807) is 19.1 Å². The summed E-state index contributed by atoms with van der Waals surface area (Å²) in [5.74, 6) is -1.49. The maximum atomic E-state index is 12.4. The van der Waals surface area contributed by atoms with E-state index in [4.69, 9.17) is 26.8 Å². The summed E-state index contributed by atoms with van der Waals surface area (Å²) >= 11 is 7.04. The third kappa shape index (κ3) is 4.56. The molecular weight excluding hydrogens is 487 g/mol. The molecule has 0 aromatic heterocycles. The predicted octanol–water partition coefficient (Wildman–Crippen LogP) is 1.75. The van der Waals surface area contributed by atoms with Gasteiger partial charge < -0.3 is 14.6 Å². The molecule has 10 heteroatoms. The second-order valence-corrected chi connectivity index (χ2v) is 7.04. The highest BCUT2D eigenvalue weighted by atomic mass is 127. The number of amides is 2. The molecule has 1 saturated heterocycles. The van der Waals surface area contributed by atoms with Crippen LogP contribution < -0.4 is 9.47 Å². The van der Waals surface area contributed by atoms with Crippen LogP contribution in [0, 0.1) is 3.57 Å². The van der Waals surface area contributed by atoms with Crippen LogP contribution in [-0.4, -0.2) is 65.1 Å². The van der Waals surface area contributed by atoms with E-state index >= 15 is 0 Å². The van der Waals surface area contributed by atoms with Gasteiger partial charge in [0.25, 0.3) is 11.8 Å². The summed E-state index contributed by atoms with van der Waals surface area (Å²) in [7, 11) is 3.00. The average Bonchev–Trinajstić information content (AvgIpc) is 2.61. The number of likely N-dealkylation sites (N-methyl/N-ethyl adjacent to an activating group) is 2. The molecule has 0 atom stereocenters. The fraction of sp³-hybridized carbons (Fsp3) is 0.294. The van der Waals surface area contributed by atoms with E-state index in [1.807, 2.05) is 22.6 Å². The lowest BCUT2D eigenvalue weighted by Gasteiger charge is -2.31. The Balaban J connectivity index is 2.47. The molecule has 1 aromatic rings. The van der Waals surface area contributed by atoms with Crippen LogP contribution >= 0.6 is 34.8 Å². The van der Waals surface area contributed by atoms with Crippen molar-refractivity contribution in [2.45, 2.75) is 6.92 Å². The summed E-state index contributed by atoms with van der Waals surface area (Å²) in [6.07, 6.45) is 1.45. The fourth-order valence-electron chi connectivity index (χ4n) is 2.35. The van der Waals surface area contributed by atoms with Crippen molar-refractivity contribution in [1.82, 2.24) is 9.80 Å². The first-order valence-corrected chi connectivity index (χ1v) is 9.28. The average molecular weight is 504 g/mol. The molecule has 0 saturated carbocycles. The van der Waals surface area contributed by atoms with Crippen molar-refractivity contribution in [2.24, 2.45) is 0 Å². The van der Waals surface area contributed by atoms with Gasteiger partial charge >= 0.3 is 5.97 Å². The Morgan fingerprint density at radius 3 is 2.33 bits per heavy atom. The summed E-state index contributed by atoms with van der Waals surface area (Å²) in [5.41, 5.74) is 0.503. The Bertz CT molecular complexity index is 828. The van der Waals surface area contributed by atoms with Gasteiger partial charge in [-0.25, -0.2) is 4.79 Å². The van der Waals surface area contributed by atoms with Crippen molar-refractivity contribution in [1.29, 1.82) is 0 Å². The quantitative estimate of drug-likeness (QED) is 0.273. The normalized spacial score (nSPS) is 14.5. The van der Waals surface area contributed by atoms with Gasteiger partial charge in [-0.3, -0.25) is 19.4 Å². The maximum absolute atomic E-state index is 12.4. The van der Waals surface area contributed by atoms with Crippen LogP contribution in [0.25, 0.3) is 6.08 Å². The van der Waals surface area contributed by atoms with Gasteiger partial charge in [-0.1, -0.05) is 0 Å². The molecule has 0 aliphatic carbocycles. The Labute approximate surface area is 174 Å². The van der Waals surface area contributed by atoms with Crippen molar-refractivity contribution in [3.63, 3.8) is 0 Å². The smallest absolute Gasteiger partial charge is 0.341 e. The largest absolute Gasteiger partial charge is 0.490 e. The van der Waals surface area contributed by atoms with Crippen LogP contribution in [0.4, 0.5) is 0 Å². The van der Waals surface area contributed by atoms with Crippen molar-refractivity contribution >= 4 is 63.8 Å². The van der Waals surface area contributed by atoms with Gasteiger partial charge in [0.1, 0.15) is 5.57 Å². The zero-order chi connectivity index (χ0) is 20.3. The van der Waals surface area contributed by atoms with Gasteiger partial charge in [0.05, 0.1) is 10.2 Å². The van der Waals surface area contributed by atoms with Crippen LogP contribution in [0.1, 0.15) is 12.5 Å². The fourth-order valence-corrected chi connectivity index (χ4v) is 3.30. The van der Waals surface area contributed by atoms with Gasteiger partial charge in [-0.2, -0.15) is 0 Å². The molecule has 144 valence electrons. The number of carbonyl (C=O) groups is 3. The zero-order valence-corrected chi connectivity index (χ0v) is 17.8. The number of halogens is 1. The van der Waals surface area contributed by atoms with E-state index in [-0.39, 0.29) is 10.7 Å². The molecule has 0 unspecified atom stereocenters. The topological polar surface area (TPSA) is 96.4 Å². The van der Waals surface area contributed by atoms with Crippen molar-refractivity contribution in [3.8, 4) is 11.5 Å². The van der Waals surface area contributed by atoms with E-state index in [1.165, 1.54) is 30.0 Å². The van der Waals surface area contributed by atoms with Crippen molar-refractivity contribution in [3.05, 3.63) is 26.8 Å². The Morgan fingerprint density at radius 1 is 1.22 bits per heavy atom. The first-order chi connectivity index (χ1) is 12.7. The summed E-state index contributed by atoms with van der Waals surface area (Å²) in [6.45, 7) is 1.59. The van der Waals surface area contributed by atoms with Crippen LogP contribution in [0.15, 0.2) is 17.7 Å². The number of hydrogen-bond donors (Lipinski definition) is 1. The minimum absolute atomic E-state index is 0.0361. The second kappa shape index (κ2) is 8.65. The molecule has 27 heavy (non-hydrogen) atoms. The lowest BCUT2D eigenvalue weighted by atomic mass is 10.1. The number of rotatable bonds is 6. The van der Waals surface area contributed by atoms with Crippen LogP contribution in [-0.2, 0) is 14.4 Å². The maximum Gasteiger partial charge on any atom is 0.341 e. The number of hydrogen-bond acceptors (Lipinski definition) is 6. The van der Waals surface area contributed by atoms with E-state index in [0.717, 1.165) is 0 Å². The number of ether oxygens (including phenoxy) is 2. The number of carboxylic acid groups (broad SMARTS) is 1. The van der Waals surface area contributed by atoms with Gasteiger partial charge in [0, 0.05) is 14.1 Å². The predicted molar refractivity (Wildman–Crippen MR) is 110 cm³/mol. The molecule has 0 spiro atoms. The van der Waals surface area contributed by atoms with E-state index < -0.39 is 24.4 Å². The van der Waals surface area contributed by atoms with E-state index in [9.17, 15) is 14.4 Å². The number of aliphatic carboxylic acids is 1. The Kier molecular flexibility index (Phi) is 6.76. The molecule has 0 radical (unpaired) electrons. The molecule has 2 amide bonds. The van der Waals surface area contributed by atoms with E-state index in [2.05, 4.69) is 0 Å². The number of nitrogens with zero attached hydrogens (tertiary/aromatic N) is 2. The molecule has 1 aliphatic heterocycles. The Hall–Kier alpha value is -2.21. The minimum atomic E-state index is -1.11. The molecule has 1 heterocycles. The minimum Gasteiger partial charge on any atom is -0.490 e. The standard InChI is InChI=1S/C17H17IN2O6S/c1-4-25-12-7-9(6-11(18)14(12)26-8-13(21)22)5-10-15(23)19(2)17(27)20(3)16(10)24/h5-7H,4,8H2,1-3H3,(H,21,22). The lowest BCUT2D eigenvalue weighted by molar-refractivity contribution is -0.139. The summed E-state index contributed by atoms with van der Waals surface area (Å²) < 4.78 is 11.4. The highest BCUT2D eigenvalue weighted by Gasteiger charge is 2.35. The second-order valence-electron chi connectivity index (χ2n) is 5.51. The highest BCUT2D eigenvalue weighted by Crippen LogP contribution is 2.35. The van der Waals surface area contributed by atoms with Gasteiger partial charge in [0.15, 0.2) is 23.2 Å². The number of thiocarbonyl (C=S) groups is 1. The van der Waals surface area contributed by atoms with Crippen molar-refractivity contribution in [2.75, 3.05) is 27.3 Å². The third-order valence-corrected chi connectivity index (χ3v) is 4.98. The Morgan fingerprint density at radius 2 is 1.81 bits per heavy atom. The number of carboxylic acids is 1. The van der Waals surface area contributed by atoms with Crippen LogP contribution in [0.2, 0.25) is 0 Å². The third-order valence-electron chi connectivity index (χ3n) is 3.63. The van der Waals surface area contributed by atoms with Gasteiger partial charge in [-0.05, 0) is 65.5 Å². The van der Waals surface area contributed by atoms with Crippen LogP contribution in [0.5, 0.6) is 11.5 Å².